The predicted octanol–water partition coefficient (Wildman–Crippen LogP) is 7.59. The Labute approximate surface area is 215 Å². The quantitative estimate of drug-likeness (QED) is 0.295. The molecule has 2 amide bonds. The molecule has 6 heteroatoms. The summed E-state index contributed by atoms with van der Waals surface area (Å²) in [6.45, 7) is 2.64. The van der Waals surface area contributed by atoms with Crippen molar-refractivity contribution in [3.8, 4) is 5.00 Å². The lowest BCUT2D eigenvalue weighted by Gasteiger charge is -2.31. The van der Waals surface area contributed by atoms with Gasteiger partial charge in [0.1, 0.15) is 5.00 Å². The molecule has 0 saturated carbocycles. The number of aryl methyl sites for hydroxylation is 2. The van der Waals surface area contributed by atoms with Crippen LogP contribution in [0.1, 0.15) is 51.7 Å². The Morgan fingerprint density at radius 1 is 1.00 bits per heavy atom. The molecule has 0 saturated heterocycles. The highest BCUT2D eigenvalue weighted by molar-refractivity contribution is 7.98. The zero-order valence-corrected chi connectivity index (χ0v) is 21.7. The number of carbonyl (C=O) groups excluding carboxylic acids is 1. The third kappa shape index (κ3) is 3.99. The Morgan fingerprint density at radius 2 is 1.80 bits per heavy atom. The number of thioether (sulfide) groups is 1. The first-order valence-electron chi connectivity index (χ1n) is 12.2. The summed E-state index contributed by atoms with van der Waals surface area (Å²) < 4.78 is 2.34. The molecule has 35 heavy (non-hydrogen) atoms. The first-order valence-corrected chi connectivity index (χ1v) is 14.3. The van der Waals surface area contributed by atoms with Crippen LogP contribution in [0, 0.1) is 6.92 Å². The second-order valence-corrected chi connectivity index (χ2v) is 11.3. The number of rotatable bonds is 3. The Balaban J connectivity index is 1.50. The molecular formula is C29H29N3OS2. The highest BCUT2D eigenvalue weighted by atomic mass is 32.2. The third-order valence-corrected chi connectivity index (χ3v) is 9.33. The molecule has 0 unspecified atom stereocenters. The third-order valence-electron chi connectivity index (χ3n) is 7.26. The minimum absolute atomic E-state index is 0.0606. The van der Waals surface area contributed by atoms with Gasteiger partial charge in [0.25, 0.3) is 0 Å². The zero-order chi connectivity index (χ0) is 23.9. The van der Waals surface area contributed by atoms with Gasteiger partial charge in [-0.3, -0.25) is 0 Å². The van der Waals surface area contributed by atoms with Crippen LogP contribution in [0.2, 0.25) is 0 Å². The van der Waals surface area contributed by atoms with Crippen LogP contribution in [-0.4, -0.2) is 21.8 Å². The predicted molar refractivity (Wildman–Crippen MR) is 146 cm³/mol. The van der Waals surface area contributed by atoms with Crippen molar-refractivity contribution in [2.24, 2.45) is 0 Å². The molecule has 1 atom stereocenters. The van der Waals surface area contributed by atoms with E-state index in [1.807, 2.05) is 47.4 Å². The number of carbonyl (C=O) groups is 1. The molecule has 2 aliphatic rings. The number of thiophene rings is 1. The van der Waals surface area contributed by atoms with Crippen molar-refractivity contribution in [3.05, 3.63) is 99.7 Å². The van der Waals surface area contributed by atoms with Crippen molar-refractivity contribution in [2.45, 2.75) is 50.1 Å². The first-order chi connectivity index (χ1) is 17.1. The van der Waals surface area contributed by atoms with Crippen molar-refractivity contribution >= 4 is 34.8 Å². The van der Waals surface area contributed by atoms with Crippen molar-refractivity contribution in [3.63, 3.8) is 0 Å². The lowest BCUT2D eigenvalue weighted by atomic mass is 9.95. The van der Waals surface area contributed by atoms with Crippen molar-refractivity contribution in [1.29, 1.82) is 0 Å². The van der Waals surface area contributed by atoms with Crippen molar-refractivity contribution in [2.75, 3.05) is 11.6 Å². The van der Waals surface area contributed by atoms with E-state index in [4.69, 9.17) is 0 Å². The highest BCUT2D eigenvalue weighted by Gasteiger charge is 2.36. The number of benzene rings is 2. The summed E-state index contributed by atoms with van der Waals surface area (Å²) in [5, 5.41) is 4.52. The average Bonchev–Trinajstić information content (AvgIpc) is 3.47. The molecule has 0 fully saturated rings. The monoisotopic (exact) mass is 499 g/mol. The van der Waals surface area contributed by atoms with Gasteiger partial charge < -0.3 is 14.8 Å². The van der Waals surface area contributed by atoms with Gasteiger partial charge in [0.15, 0.2) is 0 Å². The fourth-order valence-electron chi connectivity index (χ4n) is 5.42. The number of para-hydroxylation sites is 1. The number of aromatic nitrogens is 1. The van der Waals surface area contributed by atoms with Crippen LogP contribution >= 0.6 is 23.1 Å². The highest BCUT2D eigenvalue weighted by Crippen LogP contribution is 2.44. The maximum absolute atomic E-state index is 14.0. The molecule has 2 aromatic carbocycles. The minimum atomic E-state index is -0.177. The zero-order valence-electron chi connectivity index (χ0n) is 20.1. The largest absolute Gasteiger partial charge is 0.322 e. The Morgan fingerprint density at radius 3 is 2.60 bits per heavy atom. The number of fused-ring (bicyclic) bond motifs is 5. The van der Waals surface area contributed by atoms with Gasteiger partial charge in [0.2, 0.25) is 0 Å². The van der Waals surface area contributed by atoms with Crippen LogP contribution in [-0.2, 0) is 19.4 Å². The van der Waals surface area contributed by atoms with Crippen LogP contribution < -0.4 is 5.32 Å². The number of urea groups is 1. The lowest BCUT2D eigenvalue weighted by molar-refractivity contribution is 0.194. The smallest absolute Gasteiger partial charge is 0.310 e. The molecule has 1 aliphatic heterocycles. The molecular weight excluding hydrogens is 470 g/mol. The van der Waals surface area contributed by atoms with Crippen LogP contribution in [0.15, 0.2) is 71.8 Å². The number of nitrogens with zero attached hydrogens (tertiary/aromatic N) is 2. The fourth-order valence-corrected chi connectivity index (χ4v) is 7.24. The lowest BCUT2D eigenvalue weighted by Crippen LogP contribution is -2.38. The van der Waals surface area contributed by atoms with E-state index in [1.165, 1.54) is 38.7 Å². The molecule has 3 heterocycles. The summed E-state index contributed by atoms with van der Waals surface area (Å²) in [7, 11) is 0. The number of hydrogen-bond donors (Lipinski definition) is 1. The van der Waals surface area contributed by atoms with Gasteiger partial charge in [-0.2, -0.15) is 0 Å². The maximum Gasteiger partial charge on any atom is 0.322 e. The van der Waals surface area contributed by atoms with Crippen LogP contribution in [0.3, 0.4) is 0 Å². The van der Waals surface area contributed by atoms with E-state index < -0.39 is 0 Å². The van der Waals surface area contributed by atoms with E-state index >= 15 is 0 Å². The van der Waals surface area contributed by atoms with Crippen molar-refractivity contribution < 1.29 is 4.79 Å². The molecule has 4 aromatic rings. The number of hydrogen-bond acceptors (Lipinski definition) is 3. The van der Waals surface area contributed by atoms with Crippen LogP contribution in [0.4, 0.5) is 10.5 Å². The molecule has 1 aliphatic carbocycles. The van der Waals surface area contributed by atoms with Crippen LogP contribution in [0.25, 0.3) is 5.00 Å². The Kier molecular flexibility index (Phi) is 5.94. The van der Waals surface area contributed by atoms with Gasteiger partial charge in [-0.1, -0.05) is 30.3 Å². The summed E-state index contributed by atoms with van der Waals surface area (Å²) in [6.07, 6.45) is 9.00. The fraction of sp³-hybridized carbons (Fsp3) is 0.276. The summed E-state index contributed by atoms with van der Waals surface area (Å²) in [6, 6.07) is 20.7. The number of anilines is 1. The van der Waals surface area contributed by atoms with Gasteiger partial charge >= 0.3 is 6.03 Å². The number of nitrogens with one attached hydrogen (secondary N) is 1. The molecule has 6 rings (SSSR count). The molecule has 2 aromatic heterocycles. The van der Waals surface area contributed by atoms with E-state index in [0.29, 0.717) is 6.54 Å². The summed E-state index contributed by atoms with van der Waals surface area (Å²) in [5.41, 5.74) is 6.99. The second kappa shape index (κ2) is 9.25. The molecule has 4 nitrogen and oxygen atoms in total. The van der Waals surface area contributed by atoms with Gasteiger partial charge in [-0.25, -0.2) is 4.79 Å². The molecule has 0 radical (unpaired) electrons. The van der Waals surface area contributed by atoms with E-state index in [0.717, 1.165) is 35.3 Å². The summed E-state index contributed by atoms with van der Waals surface area (Å²) in [4.78, 5) is 18.8. The SMILES string of the molecule is CSc1ccc([C@H]2c3cccn3-c3sc4c(c3CN2C(=O)Nc2ccccc2C)CCCC4)cc1. The average molecular weight is 500 g/mol. The van der Waals surface area contributed by atoms with Gasteiger partial charge in [-0.05, 0) is 85.9 Å². The topological polar surface area (TPSA) is 37.3 Å². The van der Waals surface area contributed by atoms with Gasteiger partial charge in [0.05, 0.1) is 18.3 Å². The number of amides is 2. The van der Waals surface area contributed by atoms with Crippen LogP contribution in [0.5, 0.6) is 0 Å². The standard InChI is InChI=1S/C29H29N3OS2/c1-19-8-3-5-10-24(19)30-29(33)32-18-23-22-9-4-6-12-26(22)35-28(23)31-17-7-11-25(31)27(32)20-13-15-21(34-2)16-14-20/h3,5,7-8,10-11,13-17,27H,4,6,9,12,18H2,1-2H3,(H,30,33)/t27-/m0/s1. The normalized spacial score (nSPS) is 16.7. The first kappa shape index (κ1) is 22.5. The second-order valence-electron chi connectivity index (χ2n) is 9.35. The molecule has 178 valence electrons. The van der Waals surface area contributed by atoms with E-state index in [2.05, 4.69) is 58.7 Å². The van der Waals surface area contributed by atoms with E-state index in [9.17, 15) is 4.79 Å². The Hall–Kier alpha value is -2.96. The van der Waals surface area contributed by atoms with Crippen molar-refractivity contribution in [1.82, 2.24) is 9.47 Å². The molecule has 0 spiro atoms. The summed E-state index contributed by atoms with van der Waals surface area (Å²) in [5.74, 6) is 0. The molecule has 0 bridgehead atoms. The maximum atomic E-state index is 14.0. The van der Waals surface area contributed by atoms with E-state index in [1.54, 1.807) is 11.8 Å². The Bertz CT molecular complexity index is 1390. The minimum Gasteiger partial charge on any atom is -0.310 e. The molecule has 1 N–H and O–H groups in total. The van der Waals surface area contributed by atoms with E-state index in [-0.39, 0.29) is 12.1 Å². The summed E-state index contributed by atoms with van der Waals surface area (Å²) >= 11 is 3.66. The van der Waals surface area contributed by atoms with Gasteiger partial charge in [0, 0.05) is 27.2 Å². The van der Waals surface area contributed by atoms with Gasteiger partial charge in [-0.15, -0.1) is 23.1 Å².